The maximum absolute atomic E-state index is 11.8. The van der Waals surface area contributed by atoms with Crippen molar-refractivity contribution < 1.29 is 9.53 Å². The van der Waals surface area contributed by atoms with E-state index in [0.29, 0.717) is 6.54 Å². The number of rotatable bonds is 8. The number of nitrogens with one attached hydrogen (secondary N) is 1. The molecular formula is C18H21IN2O2. The van der Waals surface area contributed by atoms with E-state index in [0.717, 1.165) is 22.3 Å². The molecular weight excluding hydrogens is 403 g/mol. The topological polar surface area (TPSA) is 41.6 Å². The molecule has 0 saturated heterocycles. The van der Waals surface area contributed by atoms with Gasteiger partial charge in [0.25, 0.3) is 5.91 Å². The summed E-state index contributed by atoms with van der Waals surface area (Å²) in [5.41, 5.74) is 1.18. The van der Waals surface area contributed by atoms with Crippen molar-refractivity contribution in [1.82, 2.24) is 5.32 Å². The van der Waals surface area contributed by atoms with E-state index >= 15 is 0 Å². The molecule has 0 unspecified atom stereocenters. The van der Waals surface area contributed by atoms with Gasteiger partial charge in [0.1, 0.15) is 5.75 Å². The van der Waals surface area contributed by atoms with Crippen molar-refractivity contribution in [3.63, 3.8) is 0 Å². The third kappa shape index (κ3) is 6.48. The Kier molecular flexibility index (Phi) is 7.19. The Bertz CT molecular complexity index is 619. The molecule has 2 aromatic carbocycles. The zero-order valence-electron chi connectivity index (χ0n) is 13.2. The number of halogens is 1. The van der Waals surface area contributed by atoms with Crippen LogP contribution in [0.2, 0.25) is 0 Å². The highest BCUT2D eigenvalue weighted by atomic mass is 127. The second-order valence-electron chi connectivity index (χ2n) is 5.21. The number of nitrogens with zero attached hydrogens (tertiary/aromatic N) is 1. The molecule has 0 saturated carbocycles. The lowest BCUT2D eigenvalue weighted by atomic mass is 10.3. The van der Waals surface area contributed by atoms with E-state index in [1.165, 1.54) is 5.69 Å². The molecule has 0 bridgehead atoms. The summed E-state index contributed by atoms with van der Waals surface area (Å²) < 4.78 is 6.56. The number of para-hydroxylation sites is 1. The van der Waals surface area contributed by atoms with Gasteiger partial charge in [0.2, 0.25) is 0 Å². The van der Waals surface area contributed by atoms with Crippen LogP contribution < -0.4 is 15.0 Å². The zero-order chi connectivity index (χ0) is 16.5. The van der Waals surface area contributed by atoms with Crippen LogP contribution in [0, 0.1) is 3.57 Å². The summed E-state index contributed by atoms with van der Waals surface area (Å²) in [5, 5.41) is 2.88. The van der Waals surface area contributed by atoms with E-state index in [1.807, 2.05) is 42.5 Å². The van der Waals surface area contributed by atoms with Crippen molar-refractivity contribution in [3.05, 3.63) is 58.2 Å². The first-order valence-electron chi connectivity index (χ1n) is 7.56. The number of ether oxygens (including phenoxy) is 1. The van der Waals surface area contributed by atoms with Crippen LogP contribution in [0.3, 0.4) is 0 Å². The van der Waals surface area contributed by atoms with Crippen molar-refractivity contribution in [2.75, 3.05) is 31.6 Å². The average Bonchev–Trinajstić information content (AvgIpc) is 2.57. The normalized spacial score (nSPS) is 10.2. The molecule has 0 aliphatic rings. The van der Waals surface area contributed by atoms with E-state index in [2.05, 4.69) is 52.0 Å². The van der Waals surface area contributed by atoms with E-state index in [4.69, 9.17) is 4.74 Å². The lowest BCUT2D eigenvalue weighted by Crippen LogP contribution is -2.31. The fraction of sp³-hybridized carbons (Fsp3) is 0.278. The monoisotopic (exact) mass is 424 g/mol. The highest BCUT2D eigenvalue weighted by Crippen LogP contribution is 2.14. The van der Waals surface area contributed by atoms with E-state index in [9.17, 15) is 4.79 Å². The summed E-state index contributed by atoms with van der Waals surface area (Å²) >= 11 is 2.22. The Balaban J connectivity index is 1.61. The van der Waals surface area contributed by atoms with Gasteiger partial charge in [-0.15, -0.1) is 0 Å². The lowest BCUT2D eigenvalue weighted by molar-refractivity contribution is -0.123. The van der Waals surface area contributed by atoms with Crippen LogP contribution >= 0.6 is 22.6 Å². The summed E-state index contributed by atoms with van der Waals surface area (Å²) in [6.07, 6.45) is 0.889. The summed E-state index contributed by atoms with van der Waals surface area (Å²) in [5.74, 6) is 0.627. The molecule has 1 amide bonds. The predicted octanol–water partition coefficient (Wildman–Crippen LogP) is 3.31. The number of hydrogen-bond donors (Lipinski definition) is 1. The molecule has 0 aromatic heterocycles. The summed E-state index contributed by atoms with van der Waals surface area (Å²) in [4.78, 5) is 13.9. The minimum Gasteiger partial charge on any atom is -0.484 e. The molecule has 0 heterocycles. The summed E-state index contributed by atoms with van der Waals surface area (Å²) in [7, 11) is 2.05. The summed E-state index contributed by atoms with van der Waals surface area (Å²) in [6, 6.07) is 17.9. The van der Waals surface area contributed by atoms with E-state index in [1.54, 1.807) is 0 Å². The van der Waals surface area contributed by atoms with Gasteiger partial charge in [0.05, 0.1) is 0 Å². The number of hydrogen-bond acceptors (Lipinski definition) is 3. The first-order valence-corrected chi connectivity index (χ1v) is 8.64. The van der Waals surface area contributed by atoms with Crippen LogP contribution in [-0.2, 0) is 4.79 Å². The molecule has 1 N–H and O–H groups in total. The van der Waals surface area contributed by atoms with Crippen LogP contribution in [0.5, 0.6) is 5.75 Å². The molecule has 0 aliphatic heterocycles. The summed E-state index contributed by atoms with van der Waals surface area (Å²) in [6.45, 7) is 1.59. The van der Waals surface area contributed by atoms with Crippen LogP contribution in [0.1, 0.15) is 6.42 Å². The number of anilines is 1. The zero-order valence-corrected chi connectivity index (χ0v) is 15.3. The van der Waals surface area contributed by atoms with Gasteiger partial charge in [-0.3, -0.25) is 4.79 Å². The van der Waals surface area contributed by atoms with Crippen LogP contribution in [-0.4, -0.2) is 32.7 Å². The third-order valence-electron chi connectivity index (χ3n) is 3.36. The molecule has 2 aromatic rings. The number of carbonyl (C=O) groups is 1. The van der Waals surface area contributed by atoms with Gasteiger partial charge in [-0.1, -0.05) is 24.3 Å². The number of carbonyl (C=O) groups excluding carboxylic acids is 1. The van der Waals surface area contributed by atoms with Crippen molar-refractivity contribution >= 4 is 34.2 Å². The fourth-order valence-electron chi connectivity index (χ4n) is 2.11. The van der Waals surface area contributed by atoms with Gasteiger partial charge in [-0.25, -0.2) is 0 Å². The molecule has 2 rings (SSSR count). The maximum Gasteiger partial charge on any atom is 0.257 e. The molecule has 0 atom stereocenters. The van der Waals surface area contributed by atoms with Crippen molar-refractivity contribution in [2.24, 2.45) is 0 Å². The van der Waals surface area contributed by atoms with Gasteiger partial charge in [-0.2, -0.15) is 0 Å². The Hall–Kier alpha value is -1.76. The first kappa shape index (κ1) is 17.6. The number of amides is 1. The molecule has 0 radical (unpaired) electrons. The predicted molar refractivity (Wildman–Crippen MR) is 102 cm³/mol. The third-order valence-corrected chi connectivity index (χ3v) is 4.03. The van der Waals surface area contributed by atoms with Crippen LogP contribution in [0.4, 0.5) is 5.69 Å². The van der Waals surface area contributed by atoms with E-state index in [-0.39, 0.29) is 12.5 Å². The first-order chi connectivity index (χ1) is 11.1. The second kappa shape index (κ2) is 9.39. The number of benzene rings is 2. The lowest BCUT2D eigenvalue weighted by Gasteiger charge is -2.19. The standard InChI is InChI=1S/C18H21IN2O2/c1-21(16-8-3-2-4-9-16)12-6-11-20-18(22)14-23-17-10-5-7-15(19)13-17/h2-5,7-10,13H,6,11-12,14H2,1H3,(H,20,22). The van der Waals surface area contributed by atoms with Gasteiger partial charge < -0.3 is 15.0 Å². The average molecular weight is 424 g/mol. The molecule has 0 aliphatic carbocycles. The molecule has 0 fully saturated rings. The maximum atomic E-state index is 11.8. The highest BCUT2D eigenvalue weighted by molar-refractivity contribution is 14.1. The van der Waals surface area contributed by atoms with Crippen LogP contribution in [0.15, 0.2) is 54.6 Å². The van der Waals surface area contributed by atoms with E-state index < -0.39 is 0 Å². The molecule has 4 nitrogen and oxygen atoms in total. The Labute approximate surface area is 151 Å². The van der Waals surface area contributed by atoms with Crippen molar-refractivity contribution in [1.29, 1.82) is 0 Å². The quantitative estimate of drug-likeness (QED) is 0.523. The van der Waals surface area contributed by atoms with Gasteiger partial charge in [0, 0.05) is 29.4 Å². The molecule has 23 heavy (non-hydrogen) atoms. The van der Waals surface area contributed by atoms with Gasteiger partial charge in [-0.05, 0) is 59.3 Å². The second-order valence-corrected chi connectivity index (χ2v) is 6.45. The fourth-order valence-corrected chi connectivity index (χ4v) is 2.63. The van der Waals surface area contributed by atoms with Gasteiger partial charge >= 0.3 is 0 Å². The Morgan fingerprint density at radius 3 is 2.70 bits per heavy atom. The van der Waals surface area contributed by atoms with Crippen molar-refractivity contribution in [3.8, 4) is 5.75 Å². The minimum absolute atomic E-state index is 0.0502. The molecule has 0 spiro atoms. The Morgan fingerprint density at radius 2 is 1.96 bits per heavy atom. The smallest absolute Gasteiger partial charge is 0.257 e. The van der Waals surface area contributed by atoms with Crippen molar-refractivity contribution in [2.45, 2.75) is 6.42 Å². The Morgan fingerprint density at radius 1 is 1.17 bits per heavy atom. The van der Waals surface area contributed by atoms with Gasteiger partial charge in [0.15, 0.2) is 6.61 Å². The molecule has 5 heteroatoms. The largest absolute Gasteiger partial charge is 0.484 e. The minimum atomic E-state index is -0.0915. The highest BCUT2D eigenvalue weighted by Gasteiger charge is 2.04. The molecule has 122 valence electrons. The van der Waals surface area contributed by atoms with Crippen LogP contribution in [0.25, 0.3) is 0 Å². The SMILES string of the molecule is CN(CCCNC(=O)COc1cccc(I)c1)c1ccccc1.